The number of aryl methyl sites for hydroxylation is 1. The molecule has 3 aromatic rings. The summed E-state index contributed by atoms with van der Waals surface area (Å²) in [5.74, 6) is -4.96. The number of hydrogen-bond donors (Lipinski definition) is 2. The quantitative estimate of drug-likeness (QED) is 0.424. The summed E-state index contributed by atoms with van der Waals surface area (Å²) < 4.78 is 40.5. The molecule has 0 bridgehead atoms. The molecule has 1 aromatic heterocycles. The first-order valence-corrected chi connectivity index (χ1v) is 9.81. The number of carbonyl (C=O) groups is 1. The highest BCUT2D eigenvalue weighted by Gasteiger charge is 2.20. The number of nitrogens with zero attached hydrogens (tertiary/aromatic N) is 2. The Kier molecular flexibility index (Phi) is 6.20. The molecule has 0 fully saturated rings. The van der Waals surface area contributed by atoms with Crippen LogP contribution in [0.3, 0.4) is 0 Å². The molecular formula is C18H15F3N4OS2. The molecule has 0 saturated carbocycles. The Morgan fingerprint density at radius 3 is 2.68 bits per heavy atom. The minimum atomic E-state index is -1.63. The van der Waals surface area contributed by atoms with Gasteiger partial charge in [0.05, 0.1) is 10.9 Å². The summed E-state index contributed by atoms with van der Waals surface area (Å²) in [6.07, 6.45) is 0. The lowest BCUT2D eigenvalue weighted by molar-refractivity contribution is -0.115. The lowest BCUT2D eigenvalue weighted by atomic mass is 10.2. The fourth-order valence-corrected chi connectivity index (χ4v) is 4.13. The molecule has 2 aromatic carbocycles. The second-order valence-electron chi connectivity index (χ2n) is 5.84. The van der Waals surface area contributed by atoms with Crippen molar-refractivity contribution in [2.45, 2.75) is 23.4 Å². The van der Waals surface area contributed by atoms with Crippen LogP contribution in [-0.2, 0) is 4.79 Å². The topological polar surface area (TPSA) is 66.9 Å². The number of anilines is 3. The van der Waals surface area contributed by atoms with Gasteiger partial charge in [-0.2, -0.15) is 0 Å². The van der Waals surface area contributed by atoms with Gasteiger partial charge in [-0.1, -0.05) is 35.2 Å². The Morgan fingerprint density at radius 1 is 1.14 bits per heavy atom. The minimum Gasteiger partial charge on any atom is -0.330 e. The van der Waals surface area contributed by atoms with Crippen LogP contribution in [-0.4, -0.2) is 21.4 Å². The van der Waals surface area contributed by atoms with Crippen molar-refractivity contribution in [2.75, 3.05) is 10.6 Å². The third-order valence-electron chi connectivity index (χ3n) is 3.62. The van der Waals surface area contributed by atoms with E-state index in [0.717, 1.165) is 35.1 Å². The second-order valence-corrected chi connectivity index (χ2v) is 8.41. The molecule has 0 aliphatic rings. The Bertz CT molecular complexity index is 1010. The number of carbonyl (C=O) groups excluding carboxylic acids is 1. The fraction of sp³-hybridized carbons (Fsp3) is 0.167. The smallest absolute Gasteiger partial charge is 0.237 e. The summed E-state index contributed by atoms with van der Waals surface area (Å²) in [7, 11) is 0. The number of rotatable bonds is 6. The van der Waals surface area contributed by atoms with Crippen molar-refractivity contribution in [3.63, 3.8) is 0 Å². The van der Waals surface area contributed by atoms with E-state index in [0.29, 0.717) is 9.47 Å². The van der Waals surface area contributed by atoms with E-state index < -0.39 is 34.3 Å². The third-order valence-corrected chi connectivity index (χ3v) is 5.64. The first-order valence-electron chi connectivity index (χ1n) is 8.11. The van der Waals surface area contributed by atoms with Gasteiger partial charge in [-0.15, -0.1) is 10.2 Å². The summed E-state index contributed by atoms with van der Waals surface area (Å²) in [5, 5.41) is 13.3. The van der Waals surface area contributed by atoms with Crippen LogP contribution in [0.4, 0.5) is 29.7 Å². The highest BCUT2D eigenvalue weighted by atomic mass is 32.2. The summed E-state index contributed by atoms with van der Waals surface area (Å²) >= 11 is 2.38. The van der Waals surface area contributed by atoms with E-state index in [1.165, 1.54) is 11.3 Å². The maximum Gasteiger partial charge on any atom is 0.237 e. The largest absolute Gasteiger partial charge is 0.330 e. The standard InChI is InChI=1S/C18H15F3N4OS2/c1-9-4-3-5-11(8-9)22-17-24-25-18(28-17)27-10(2)16(26)23-13-7-6-12(19)14(20)15(13)21/h3-8,10H,1-2H3,(H,22,24)(H,23,26). The molecule has 5 nitrogen and oxygen atoms in total. The molecule has 0 aliphatic heterocycles. The first kappa shape index (κ1) is 20.2. The zero-order chi connectivity index (χ0) is 20.3. The zero-order valence-electron chi connectivity index (χ0n) is 14.8. The predicted octanol–water partition coefficient (Wildman–Crippen LogP) is 5.13. The van der Waals surface area contributed by atoms with E-state index in [1.54, 1.807) is 6.92 Å². The molecule has 1 atom stereocenters. The molecule has 0 spiro atoms. The van der Waals surface area contributed by atoms with Crippen molar-refractivity contribution in [3.05, 3.63) is 59.4 Å². The Hall–Kier alpha value is -2.59. The van der Waals surface area contributed by atoms with Crippen molar-refractivity contribution in [1.82, 2.24) is 10.2 Å². The third kappa shape index (κ3) is 4.82. The van der Waals surface area contributed by atoms with Gasteiger partial charge < -0.3 is 10.6 Å². The van der Waals surface area contributed by atoms with Gasteiger partial charge in [0.15, 0.2) is 21.8 Å². The first-order chi connectivity index (χ1) is 13.3. The molecule has 146 valence electrons. The molecule has 0 aliphatic carbocycles. The van der Waals surface area contributed by atoms with Crippen molar-refractivity contribution in [3.8, 4) is 0 Å². The van der Waals surface area contributed by atoms with Crippen LogP contribution in [0.2, 0.25) is 0 Å². The van der Waals surface area contributed by atoms with E-state index in [2.05, 4.69) is 20.8 Å². The van der Waals surface area contributed by atoms with Gasteiger partial charge in [-0.05, 0) is 43.7 Å². The monoisotopic (exact) mass is 424 g/mol. The van der Waals surface area contributed by atoms with Crippen LogP contribution in [0.5, 0.6) is 0 Å². The average Bonchev–Trinajstić information content (AvgIpc) is 3.09. The minimum absolute atomic E-state index is 0.421. The van der Waals surface area contributed by atoms with Gasteiger partial charge in [-0.25, -0.2) is 13.2 Å². The molecule has 1 unspecified atom stereocenters. The van der Waals surface area contributed by atoms with Gasteiger partial charge in [-0.3, -0.25) is 4.79 Å². The number of aromatic nitrogens is 2. The molecule has 10 heteroatoms. The Labute approximate surface area is 167 Å². The van der Waals surface area contributed by atoms with Crippen LogP contribution >= 0.6 is 23.1 Å². The van der Waals surface area contributed by atoms with Gasteiger partial charge in [0.2, 0.25) is 11.0 Å². The van der Waals surface area contributed by atoms with Crippen molar-refractivity contribution in [2.24, 2.45) is 0 Å². The maximum absolute atomic E-state index is 13.7. The highest BCUT2D eigenvalue weighted by Crippen LogP contribution is 2.31. The lowest BCUT2D eigenvalue weighted by Crippen LogP contribution is -2.23. The van der Waals surface area contributed by atoms with Crippen molar-refractivity contribution >= 4 is 45.5 Å². The Morgan fingerprint density at radius 2 is 1.93 bits per heavy atom. The highest BCUT2D eigenvalue weighted by molar-refractivity contribution is 8.02. The number of thioether (sulfide) groups is 1. The predicted molar refractivity (Wildman–Crippen MR) is 105 cm³/mol. The van der Waals surface area contributed by atoms with Crippen LogP contribution < -0.4 is 10.6 Å². The summed E-state index contributed by atoms with van der Waals surface area (Å²) in [4.78, 5) is 12.2. The molecular weight excluding hydrogens is 409 g/mol. The number of halogens is 3. The lowest BCUT2D eigenvalue weighted by Gasteiger charge is -2.11. The molecule has 3 rings (SSSR count). The van der Waals surface area contributed by atoms with Crippen molar-refractivity contribution in [1.29, 1.82) is 0 Å². The zero-order valence-corrected chi connectivity index (χ0v) is 16.4. The second kappa shape index (κ2) is 8.61. The number of hydrogen-bond acceptors (Lipinski definition) is 6. The molecule has 2 N–H and O–H groups in total. The van der Waals surface area contributed by atoms with E-state index in [4.69, 9.17) is 0 Å². The van der Waals surface area contributed by atoms with E-state index in [-0.39, 0.29) is 0 Å². The SMILES string of the molecule is Cc1cccc(Nc2nnc(SC(C)C(=O)Nc3ccc(F)c(F)c3F)s2)c1. The molecule has 0 radical (unpaired) electrons. The van der Waals surface area contributed by atoms with Crippen molar-refractivity contribution < 1.29 is 18.0 Å². The normalized spacial score (nSPS) is 11.9. The van der Waals surface area contributed by atoms with Crippen LogP contribution in [0.25, 0.3) is 0 Å². The van der Waals surface area contributed by atoms with Gasteiger partial charge in [0.25, 0.3) is 0 Å². The molecule has 1 heterocycles. The molecule has 0 saturated heterocycles. The maximum atomic E-state index is 13.7. The molecule has 28 heavy (non-hydrogen) atoms. The summed E-state index contributed by atoms with van der Waals surface area (Å²) in [6.45, 7) is 3.57. The molecule has 1 amide bonds. The fourth-order valence-electron chi connectivity index (χ4n) is 2.22. The van der Waals surface area contributed by atoms with E-state index >= 15 is 0 Å². The van der Waals surface area contributed by atoms with Gasteiger partial charge in [0, 0.05) is 5.69 Å². The van der Waals surface area contributed by atoms with Crippen LogP contribution in [0.15, 0.2) is 40.7 Å². The number of amides is 1. The number of benzene rings is 2. The van der Waals surface area contributed by atoms with Gasteiger partial charge >= 0.3 is 0 Å². The van der Waals surface area contributed by atoms with Crippen LogP contribution in [0, 0.1) is 24.4 Å². The average molecular weight is 424 g/mol. The Balaban J connectivity index is 1.62. The van der Waals surface area contributed by atoms with E-state index in [1.807, 2.05) is 31.2 Å². The van der Waals surface area contributed by atoms with Crippen LogP contribution in [0.1, 0.15) is 12.5 Å². The summed E-state index contributed by atoms with van der Waals surface area (Å²) in [5.41, 5.74) is 1.54. The van der Waals surface area contributed by atoms with Gasteiger partial charge in [0.1, 0.15) is 0 Å². The number of nitrogens with one attached hydrogen (secondary N) is 2. The summed E-state index contributed by atoms with van der Waals surface area (Å²) in [6, 6.07) is 9.47. The van der Waals surface area contributed by atoms with E-state index in [9.17, 15) is 18.0 Å².